The van der Waals surface area contributed by atoms with E-state index in [4.69, 9.17) is 4.74 Å². The average molecular weight is 201 g/mol. The summed E-state index contributed by atoms with van der Waals surface area (Å²) >= 11 is 0. The molecule has 1 rings (SSSR count). The van der Waals surface area contributed by atoms with Crippen molar-refractivity contribution in [1.82, 2.24) is 4.98 Å². The first-order valence-electron chi connectivity index (χ1n) is 4.75. The van der Waals surface area contributed by atoms with Crippen LogP contribution in [0, 0.1) is 6.92 Å². The monoisotopic (exact) mass is 201 g/mol. The molecule has 0 radical (unpaired) electrons. The number of nitrogens with zero attached hydrogens (tertiary/aromatic N) is 1. The minimum atomic E-state index is 0.450. The van der Waals surface area contributed by atoms with Gasteiger partial charge >= 0.3 is 0 Å². The summed E-state index contributed by atoms with van der Waals surface area (Å²) < 4.78 is 5.47. The normalized spacial score (nSPS) is 10.9. The van der Waals surface area contributed by atoms with Gasteiger partial charge in [-0.05, 0) is 30.7 Å². The largest absolute Gasteiger partial charge is 0.487 e. The molecule has 0 bridgehead atoms. The van der Waals surface area contributed by atoms with Gasteiger partial charge < -0.3 is 4.74 Å². The molecule has 0 unspecified atom stereocenters. The van der Waals surface area contributed by atoms with Gasteiger partial charge in [-0.15, -0.1) is 0 Å². The molecule has 15 heavy (non-hydrogen) atoms. The van der Waals surface area contributed by atoms with Crippen LogP contribution in [0.1, 0.15) is 11.3 Å². The maximum atomic E-state index is 5.47. The van der Waals surface area contributed by atoms with Crippen molar-refractivity contribution >= 4 is 0 Å². The molecule has 0 saturated heterocycles. The molecule has 2 heteroatoms. The van der Waals surface area contributed by atoms with Gasteiger partial charge in [0.2, 0.25) is 0 Å². The zero-order chi connectivity index (χ0) is 11.1. The molecule has 1 aromatic rings. The van der Waals surface area contributed by atoms with E-state index in [1.54, 1.807) is 18.2 Å². The molecule has 1 heterocycles. The third-order valence-electron chi connectivity index (χ3n) is 1.84. The van der Waals surface area contributed by atoms with Crippen LogP contribution >= 0.6 is 0 Å². The van der Waals surface area contributed by atoms with Gasteiger partial charge in [0, 0.05) is 6.20 Å². The summed E-state index contributed by atoms with van der Waals surface area (Å²) in [6, 6.07) is 3.96. The lowest BCUT2D eigenvalue weighted by molar-refractivity contribution is 0.207. The molecule has 0 fully saturated rings. The number of hydrogen-bond donors (Lipinski definition) is 0. The van der Waals surface area contributed by atoms with Gasteiger partial charge in [-0.25, -0.2) is 0 Å². The second kappa shape index (κ2) is 5.81. The Kier molecular flexibility index (Phi) is 4.35. The molecule has 0 aliphatic carbocycles. The first kappa shape index (κ1) is 11.2. The first-order chi connectivity index (χ1) is 7.26. The van der Waals surface area contributed by atoms with Crippen molar-refractivity contribution < 1.29 is 4.74 Å². The Labute approximate surface area is 90.6 Å². The van der Waals surface area contributed by atoms with Gasteiger partial charge in [-0.3, -0.25) is 4.98 Å². The minimum absolute atomic E-state index is 0.450. The minimum Gasteiger partial charge on any atom is -0.487 e. The maximum absolute atomic E-state index is 5.47. The molecule has 2 nitrogen and oxygen atoms in total. The summed E-state index contributed by atoms with van der Waals surface area (Å²) in [7, 11) is 0. The molecule has 0 spiro atoms. The molecule has 0 aliphatic heterocycles. The number of aryl methyl sites for hydroxylation is 1. The van der Waals surface area contributed by atoms with E-state index in [1.807, 2.05) is 25.3 Å². The summed E-state index contributed by atoms with van der Waals surface area (Å²) in [5.41, 5.74) is 2.04. The van der Waals surface area contributed by atoms with Gasteiger partial charge in [0.05, 0.1) is 5.69 Å². The summed E-state index contributed by atoms with van der Waals surface area (Å²) in [6.45, 7) is 9.69. The van der Waals surface area contributed by atoms with Crippen molar-refractivity contribution in [3.05, 3.63) is 66.7 Å². The lowest BCUT2D eigenvalue weighted by Crippen LogP contribution is -1.94. The number of pyridine rings is 1. The van der Waals surface area contributed by atoms with Crippen molar-refractivity contribution in [3.63, 3.8) is 0 Å². The quantitative estimate of drug-likeness (QED) is 0.539. The highest BCUT2D eigenvalue weighted by Crippen LogP contribution is 2.05. The fraction of sp³-hybridized carbons (Fsp3) is 0.154. The molecule has 78 valence electrons. The Bertz CT molecular complexity index is 363. The lowest BCUT2D eigenvalue weighted by atomic mass is 10.3. The summed E-state index contributed by atoms with van der Waals surface area (Å²) in [5, 5.41) is 0. The van der Waals surface area contributed by atoms with Crippen LogP contribution in [0.5, 0.6) is 0 Å². The van der Waals surface area contributed by atoms with E-state index in [1.165, 1.54) is 0 Å². The number of ether oxygens (including phenoxy) is 1. The molecule has 0 amide bonds. The second-order valence-electron chi connectivity index (χ2n) is 3.12. The Morgan fingerprint density at radius 3 is 2.80 bits per heavy atom. The highest BCUT2D eigenvalue weighted by molar-refractivity contribution is 5.16. The SMILES string of the molecule is C=C/C=C(\C=C)OCc1ccc(C)cn1. The lowest BCUT2D eigenvalue weighted by Gasteiger charge is -2.05. The van der Waals surface area contributed by atoms with E-state index in [-0.39, 0.29) is 0 Å². The number of hydrogen-bond acceptors (Lipinski definition) is 2. The van der Waals surface area contributed by atoms with Gasteiger partial charge in [-0.1, -0.05) is 25.3 Å². The number of aromatic nitrogens is 1. The van der Waals surface area contributed by atoms with E-state index < -0.39 is 0 Å². The van der Waals surface area contributed by atoms with Crippen molar-refractivity contribution in [2.45, 2.75) is 13.5 Å². The summed E-state index contributed by atoms with van der Waals surface area (Å²) in [4.78, 5) is 4.23. The molecule has 1 aromatic heterocycles. The van der Waals surface area contributed by atoms with E-state index >= 15 is 0 Å². The van der Waals surface area contributed by atoms with Crippen LogP contribution in [0.3, 0.4) is 0 Å². The van der Waals surface area contributed by atoms with E-state index in [9.17, 15) is 0 Å². The van der Waals surface area contributed by atoms with Crippen LogP contribution in [-0.2, 0) is 11.3 Å². The van der Waals surface area contributed by atoms with Crippen LogP contribution in [0.4, 0.5) is 0 Å². The Morgan fingerprint density at radius 1 is 1.47 bits per heavy atom. The molecule has 0 atom stereocenters. The van der Waals surface area contributed by atoms with Crippen LogP contribution in [-0.4, -0.2) is 4.98 Å². The third-order valence-corrected chi connectivity index (χ3v) is 1.84. The molecule has 0 saturated carbocycles. The third kappa shape index (κ3) is 3.81. The molecule has 0 aliphatic rings. The van der Waals surface area contributed by atoms with Crippen molar-refractivity contribution in [1.29, 1.82) is 0 Å². The fourth-order valence-corrected chi connectivity index (χ4v) is 1.03. The number of rotatable bonds is 5. The van der Waals surface area contributed by atoms with Gasteiger partial charge in [0.1, 0.15) is 12.4 Å². The highest BCUT2D eigenvalue weighted by atomic mass is 16.5. The van der Waals surface area contributed by atoms with Crippen LogP contribution in [0.2, 0.25) is 0 Å². The van der Waals surface area contributed by atoms with E-state index in [0.717, 1.165) is 11.3 Å². The van der Waals surface area contributed by atoms with Crippen LogP contribution in [0.25, 0.3) is 0 Å². The molecule has 0 N–H and O–H groups in total. The summed E-state index contributed by atoms with van der Waals surface area (Å²) in [5.74, 6) is 0.701. The van der Waals surface area contributed by atoms with Crippen molar-refractivity contribution in [2.75, 3.05) is 0 Å². The zero-order valence-electron chi connectivity index (χ0n) is 8.94. The standard InChI is InChI=1S/C13H15NO/c1-4-6-13(5-2)15-10-12-8-7-11(3)9-14-12/h4-9H,1-2,10H2,3H3/b13-6+. The maximum Gasteiger partial charge on any atom is 0.130 e. The predicted molar refractivity (Wildman–Crippen MR) is 62.2 cm³/mol. The first-order valence-corrected chi connectivity index (χ1v) is 4.75. The van der Waals surface area contributed by atoms with E-state index in [2.05, 4.69) is 18.1 Å². The molecular weight excluding hydrogens is 186 g/mol. The Morgan fingerprint density at radius 2 is 2.27 bits per heavy atom. The van der Waals surface area contributed by atoms with Crippen molar-refractivity contribution in [3.8, 4) is 0 Å². The van der Waals surface area contributed by atoms with Crippen LogP contribution < -0.4 is 0 Å². The van der Waals surface area contributed by atoms with Gasteiger partial charge in [0.15, 0.2) is 0 Å². The summed E-state index contributed by atoms with van der Waals surface area (Å²) in [6.07, 6.45) is 6.90. The second-order valence-corrected chi connectivity index (χ2v) is 3.12. The van der Waals surface area contributed by atoms with Gasteiger partial charge in [0.25, 0.3) is 0 Å². The van der Waals surface area contributed by atoms with Crippen molar-refractivity contribution in [2.24, 2.45) is 0 Å². The van der Waals surface area contributed by atoms with E-state index in [0.29, 0.717) is 12.4 Å². The zero-order valence-corrected chi connectivity index (χ0v) is 8.94. The Balaban J connectivity index is 2.56. The molecule has 0 aromatic carbocycles. The average Bonchev–Trinajstić information content (AvgIpc) is 2.26. The fourth-order valence-electron chi connectivity index (χ4n) is 1.03. The van der Waals surface area contributed by atoms with Crippen LogP contribution in [0.15, 0.2) is 55.5 Å². The number of allylic oxidation sites excluding steroid dienone is 3. The highest BCUT2D eigenvalue weighted by Gasteiger charge is 1.95. The Hall–Kier alpha value is -1.83. The topological polar surface area (TPSA) is 22.1 Å². The molecular formula is C13H15NO. The predicted octanol–water partition coefficient (Wildman–Crippen LogP) is 3.16. The smallest absolute Gasteiger partial charge is 0.130 e. The van der Waals surface area contributed by atoms with Gasteiger partial charge in [-0.2, -0.15) is 0 Å².